The van der Waals surface area contributed by atoms with Gasteiger partial charge in [-0.25, -0.2) is 4.39 Å². The molecular weight excluding hydrogens is 241 g/mol. The second-order valence-corrected chi connectivity index (χ2v) is 5.66. The molecule has 1 aliphatic rings. The van der Waals surface area contributed by atoms with Gasteiger partial charge in [0.2, 0.25) is 0 Å². The van der Waals surface area contributed by atoms with Crippen LogP contribution >= 0.6 is 0 Å². The Bertz CT molecular complexity index is 410. The van der Waals surface area contributed by atoms with E-state index in [1.165, 1.54) is 31.5 Å². The lowest BCUT2D eigenvalue weighted by atomic mass is 10.1. The van der Waals surface area contributed by atoms with Crippen LogP contribution in [0.3, 0.4) is 0 Å². The van der Waals surface area contributed by atoms with Crippen molar-refractivity contribution in [1.29, 1.82) is 0 Å². The highest BCUT2D eigenvalue weighted by Crippen LogP contribution is 2.17. The molecule has 2 unspecified atom stereocenters. The minimum absolute atomic E-state index is 0.132. The zero-order valence-electron chi connectivity index (χ0n) is 11.8. The number of likely N-dealkylation sites (N-methyl/N-ethyl adjacent to an activating group) is 2. The van der Waals surface area contributed by atoms with Crippen molar-refractivity contribution in [2.75, 3.05) is 33.7 Å². The van der Waals surface area contributed by atoms with Crippen LogP contribution in [0, 0.1) is 5.82 Å². The number of benzene rings is 1. The first kappa shape index (κ1) is 14.4. The minimum atomic E-state index is -0.217. The molecule has 19 heavy (non-hydrogen) atoms. The third kappa shape index (κ3) is 4.00. The van der Waals surface area contributed by atoms with Gasteiger partial charge >= 0.3 is 0 Å². The van der Waals surface area contributed by atoms with Crippen molar-refractivity contribution < 1.29 is 4.39 Å². The van der Waals surface area contributed by atoms with Crippen molar-refractivity contribution in [3.8, 4) is 0 Å². The van der Waals surface area contributed by atoms with Crippen molar-refractivity contribution in [1.82, 2.24) is 9.80 Å². The van der Waals surface area contributed by atoms with Gasteiger partial charge in [0.1, 0.15) is 5.82 Å². The van der Waals surface area contributed by atoms with Gasteiger partial charge in [0.05, 0.1) is 0 Å². The van der Waals surface area contributed by atoms with Gasteiger partial charge in [0.15, 0.2) is 0 Å². The van der Waals surface area contributed by atoms with Gasteiger partial charge in [-0.05, 0) is 51.2 Å². The molecule has 1 aromatic rings. The lowest BCUT2D eigenvalue weighted by molar-refractivity contribution is 0.213. The minimum Gasteiger partial charge on any atom is -0.323 e. The van der Waals surface area contributed by atoms with Crippen molar-refractivity contribution in [3.63, 3.8) is 0 Å². The van der Waals surface area contributed by atoms with Crippen LogP contribution < -0.4 is 5.73 Å². The van der Waals surface area contributed by atoms with Crippen molar-refractivity contribution in [2.24, 2.45) is 5.73 Å². The molecule has 0 saturated carbocycles. The molecule has 0 aromatic heterocycles. The van der Waals surface area contributed by atoms with Gasteiger partial charge < -0.3 is 15.5 Å². The number of halogens is 1. The van der Waals surface area contributed by atoms with Crippen molar-refractivity contribution in [2.45, 2.75) is 24.9 Å². The Kier molecular flexibility index (Phi) is 4.91. The first-order valence-corrected chi connectivity index (χ1v) is 6.96. The highest BCUT2D eigenvalue weighted by molar-refractivity contribution is 5.20. The van der Waals surface area contributed by atoms with Crippen LogP contribution in [0.1, 0.15) is 24.4 Å². The standard InChI is InChI=1S/C15H24FN3/c1-18(10-14-7-4-8-19(14)2)11-15(17)12-5-3-6-13(16)9-12/h3,5-6,9,14-15H,4,7-8,10-11,17H2,1-2H3. The number of likely N-dealkylation sites (tertiary alicyclic amines) is 1. The average molecular weight is 265 g/mol. The summed E-state index contributed by atoms with van der Waals surface area (Å²) < 4.78 is 13.2. The van der Waals surface area contributed by atoms with E-state index in [2.05, 4.69) is 23.9 Å². The van der Waals surface area contributed by atoms with Gasteiger partial charge in [-0.15, -0.1) is 0 Å². The Morgan fingerprint density at radius 1 is 1.53 bits per heavy atom. The van der Waals surface area contributed by atoms with E-state index in [9.17, 15) is 4.39 Å². The van der Waals surface area contributed by atoms with E-state index in [-0.39, 0.29) is 11.9 Å². The molecule has 1 heterocycles. The van der Waals surface area contributed by atoms with Gasteiger partial charge in [-0.1, -0.05) is 12.1 Å². The molecule has 0 aliphatic carbocycles. The Balaban J connectivity index is 1.86. The first-order valence-electron chi connectivity index (χ1n) is 6.96. The first-order chi connectivity index (χ1) is 9.06. The predicted octanol–water partition coefficient (Wildman–Crippen LogP) is 1.85. The highest BCUT2D eigenvalue weighted by atomic mass is 19.1. The van der Waals surface area contributed by atoms with Gasteiger partial charge in [0, 0.05) is 25.2 Å². The molecule has 0 amide bonds. The van der Waals surface area contributed by atoms with E-state index in [0.29, 0.717) is 6.04 Å². The van der Waals surface area contributed by atoms with Crippen LogP contribution in [0.4, 0.5) is 4.39 Å². The van der Waals surface area contributed by atoms with E-state index in [1.807, 2.05) is 6.07 Å². The summed E-state index contributed by atoms with van der Waals surface area (Å²) >= 11 is 0. The fourth-order valence-electron chi connectivity index (χ4n) is 2.82. The fourth-order valence-corrected chi connectivity index (χ4v) is 2.82. The van der Waals surface area contributed by atoms with Crippen LogP contribution in [0.2, 0.25) is 0 Å². The Hall–Kier alpha value is -0.970. The molecular formula is C15H24FN3. The maximum absolute atomic E-state index is 13.2. The molecule has 1 aliphatic heterocycles. The Labute approximate surface area is 115 Å². The molecule has 2 atom stereocenters. The van der Waals surface area contributed by atoms with E-state index < -0.39 is 0 Å². The largest absolute Gasteiger partial charge is 0.323 e. The monoisotopic (exact) mass is 265 g/mol. The third-order valence-corrected chi connectivity index (χ3v) is 3.98. The normalized spacial score (nSPS) is 22.1. The number of nitrogens with zero attached hydrogens (tertiary/aromatic N) is 2. The second kappa shape index (κ2) is 6.46. The average Bonchev–Trinajstić information content (AvgIpc) is 2.75. The number of hydrogen-bond donors (Lipinski definition) is 1. The summed E-state index contributed by atoms with van der Waals surface area (Å²) in [7, 11) is 4.27. The lowest BCUT2D eigenvalue weighted by Gasteiger charge is -2.27. The molecule has 2 rings (SSSR count). The van der Waals surface area contributed by atoms with Crippen molar-refractivity contribution >= 4 is 0 Å². The third-order valence-electron chi connectivity index (χ3n) is 3.98. The summed E-state index contributed by atoms with van der Waals surface area (Å²) in [5, 5.41) is 0. The van der Waals surface area contributed by atoms with Gasteiger partial charge in [0.25, 0.3) is 0 Å². The summed E-state index contributed by atoms with van der Waals surface area (Å²) in [5.41, 5.74) is 7.02. The fraction of sp³-hybridized carbons (Fsp3) is 0.600. The second-order valence-electron chi connectivity index (χ2n) is 5.66. The zero-order chi connectivity index (χ0) is 13.8. The summed E-state index contributed by atoms with van der Waals surface area (Å²) in [4.78, 5) is 4.66. The van der Waals surface area contributed by atoms with Crippen LogP contribution in [0.5, 0.6) is 0 Å². The molecule has 2 N–H and O–H groups in total. The van der Waals surface area contributed by atoms with Gasteiger partial charge in [-0.3, -0.25) is 0 Å². The molecule has 0 bridgehead atoms. The summed E-state index contributed by atoms with van der Waals surface area (Å²) in [6.45, 7) is 2.97. The van der Waals surface area contributed by atoms with E-state index in [0.717, 1.165) is 18.7 Å². The maximum atomic E-state index is 13.2. The zero-order valence-corrected chi connectivity index (χ0v) is 11.8. The van der Waals surface area contributed by atoms with Crippen LogP contribution in [0.15, 0.2) is 24.3 Å². The molecule has 3 nitrogen and oxygen atoms in total. The van der Waals surface area contributed by atoms with Crippen LogP contribution in [-0.2, 0) is 0 Å². The van der Waals surface area contributed by atoms with E-state index >= 15 is 0 Å². The number of hydrogen-bond acceptors (Lipinski definition) is 3. The quantitative estimate of drug-likeness (QED) is 0.882. The van der Waals surface area contributed by atoms with Gasteiger partial charge in [-0.2, -0.15) is 0 Å². The SMILES string of the molecule is CN(CC(N)c1cccc(F)c1)CC1CCCN1C. The molecule has 1 fully saturated rings. The van der Waals surface area contributed by atoms with E-state index in [1.54, 1.807) is 6.07 Å². The summed E-state index contributed by atoms with van der Waals surface area (Å²) in [5.74, 6) is -0.217. The Morgan fingerprint density at radius 2 is 2.32 bits per heavy atom. The summed E-state index contributed by atoms with van der Waals surface area (Å²) in [6.07, 6.45) is 2.54. The highest BCUT2D eigenvalue weighted by Gasteiger charge is 2.22. The molecule has 106 valence electrons. The molecule has 0 spiro atoms. The maximum Gasteiger partial charge on any atom is 0.123 e. The van der Waals surface area contributed by atoms with E-state index in [4.69, 9.17) is 5.73 Å². The number of rotatable bonds is 5. The van der Waals surface area contributed by atoms with Crippen molar-refractivity contribution in [3.05, 3.63) is 35.6 Å². The molecule has 1 saturated heterocycles. The Morgan fingerprint density at radius 3 is 2.95 bits per heavy atom. The summed E-state index contributed by atoms with van der Waals surface area (Å²) in [6, 6.07) is 7.09. The van der Waals surface area contributed by atoms with Crippen LogP contribution in [-0.4, -0.2) is 49.6 Å². The molecule has 1 aromatic carbocycles. The molecule has 0 radical (unpaired) electrons. The predicted molar refractivity (Wildman–Crippen MR) is 76.5 cm³/mol. The molecule has 4 heteroatoms. The topological polar surface area (TPSA) is 32.5 Å². The lowest BCUT2D eigenvalue weighted by Crippen LogP contribution is -2.39. The van der Waals surface area contributed by atoms with Crippen LogP contribution in [0.25, 0.3) is 0 Å². The number of nitrogens with two attached hydrogens (primary N) is 1. The smallest absolute Gasteiger partial charge is 0.123 e.